The third-order valence-electron chi connectivity index (χ3n) is 2.06. The van der Waals surface area contributed by atoms with Crippen molar-refractivity contribution in [1.29, 1.82) is 0 Å². The molecule has 0 saturated heterocycles. The molecule has 0 bridgehead atoms. The van der Waals surface area contributed by atoms with Crippen LogP contribution in [0.25, 0.3) is 0 Å². The van der Waals surface area contributed by atoms with E-state index in [1.165, 1.54) is 0 Å². The Hall–Kier alpha value is -1.32. The lowest BCUT2D eigenvalue weighted by Gasteiger charge is -2.25. The molecule has 0 aliphatic heterocycles. The third-order valence-corrected chi connectivity index (χ3v) is 2.06. The van der Waals surface area contributed by atoms with Gasteiger partial charge in [-0.25, -0.2) is 0 Å². The highest BCUT2D eigenvalue weighted by atomic mass is 16.5. The van der Waals surface area contributed by atoms with Gasteiger partial charge in [0.05, 0.1) is 6.54 Å². The Morgan fingerprint density at radius 2 is 2.13 bits per heavy atom. The van der Waals surface area contributed by atoms with E-state index in [4.69, 9.17) is 4.52 Å². The molecule has 0 N–H and O–H groups in total. The zero-order valence-electron chi connectivity index (χ0n) is 10.00. The first-order valence-electron chi connectivity index (χ1n) is 4.98. The normalized spacial score (nSPS) is 11.5. The highest BCUT2D eigenvalue weighted by Gasteiger charge is 2.25. The van der Waals surface area contributed by atoms with Crippen LogP contribution in [0, 0.1) is 12.3 Å². The van der Waals surface area contributed by atoms with Gasteiger partial charge in [0.2, 0.25) is 5.91 Å². The molecule has 4 nitrogen and oxygen atoms in total. The number of hydrogen-bond donors (Lipinski definition) is 0. The second-order valence-electron chi connectivity index (χ2n) is 4.84. The second-order valence-corrected chi connectivity index (χ2v) is 4.84. The molecule has 0 spiro atoms. The minimum atomic E-state index is -0.354. The van der Waals surface area contributed by atoms with Gasteiger partial charge < -0.3 is 9.42 Å². The summed E-state index contributed by atoms with van der Waals surface area (Å²) < 4.78 is 4.94. The van der Waals surface area contributed by atoms with Gasteiger partial charge in [-0.2, -0.15) is 0 Å². The number of aryl methyl sites for hydroxylation is 1. The van der Waals surface area contributed by atoms with Crippen LogP contribution in [0.1, 0.15) is 32.2 Å². The Morgan fingerprint density at radius 1 is 1.53 bits per heavy atom. The molecule has 0 atom stereocenters. The Morgan fingerprint density at radius 3 is 2.53 bits per heavy atom. The molecule has 0 saturated carbocycles. The van der Waals surface area contributed by atoms with Gasteiger partial charge in [-0.05, 0) is 6.92 Å². The summed E-state index contributed by atoms with van der Waals surface area (Å²) in [6.45, 7) is 8.04. The smallest absolute Gasteiger partial charge is 0.228 e. The van der Waals surface area contributed by atoms with Crippen LogP contribution in [0.3, 0.4) is 0 Å². The summed E-state index contributed by atoms with van der Waals surface area (Å²) in [4.78, 5) is 13.5. The summed E-state index contributed by atoms with van der Waals surface area (Å²) in [7, 11) is 1.78. The number of amides is 1. The van der Waals surface area contributed by atoms with E-state index in [0.717, 1.165) is 11.5 Å². The molecular formula is C11H18N2O2. The molecule has 0 aliphatic carbocycles. The van der Waals surface area contributed by atoms with Crippen LogP contribution in [-0.2, 0) is 11.3 Å². The van der Waals surface area contributed by atoms with E-state index in [1.807, 2.05) is 33.8 Å². The van der Waals surface area contributed by atoms with Crippen molar-refractivity contribution in [3.63, 3.8) is 0 Å². The Bertz CT molecular complexity index is 350. The van der Waals surface area contributed by atoms with Crippen molar-refractivity contribution in [1.82, 2.24) is 10.1 Å². The lowest BCUT2D eigenvalue weighted by Crippen LogP contribution is -2.36. The first-order chi connectivity index (χ1) is 6.80. The maximum Gasteiger partial charge on any atom is 0.228 e. The zero-order chi connectivity index (χ0) is 11.6. The first-order valence-corrected chi connectivity index (χ1v) is 4.98. The van der Waals surface area contributed by atoms with Crippen molar-refractivity contribution in [2.45, 2.75) is 34.2 Å². The average molecular weight is 210 g/mol. The van der Waals surface area contributed by atoms with Gasteiger partial charge >= 0.3 is 0 Å². The number of carbonyl (C=O) groups excluding carboxylic acids is 1. The van der Waals surface area contributed by atoms with Crippen LogP contribution >= 0.6 is 0 Å². The summed E-state index contributed by atoms with van der Waals surface area (Å²) in [5.74, 6) is 0.866. The van der Waals surface area contributed by atoms with Crippen LogP contribution < -0.4 is 0 Å². The van der Waals surface area contributed by atoms with E-state index < -0.39 is 0 Å². The molecule has 0 unspecified atom stereocenters. The van der Waals surface area contributed by atoms with E-state index in [1.54, 1.807) is 11.9 Å². The maximum atomic E-state index is 11.8. The lowest BCUT2D eigenvalue weighted by atomic mass is 9.95. The molecular weight excluding hydrogens is 192 g/mol. The minimum Gasteiger partial charge on any atom is -0.361 e. The van der Waals surface area contributed by atoms with E-state index >= 15 is 0 Å². The lowest BCUT2D eigenvalue weighted by molar-refractivity contribution is -0.138. The Balaban J connectivity index is 2.64. The number of aromatic nitrogens is 1. The van der Waals surface area contributed by atoms with E-state index in [2.05, 4.69) is 5.16 Å². The highest BCUT2D eigenvalue weighted by Crippen LogP contribution is 2.17. The maximum absolute atomic E-state index is 11.8. The van der Waals surface area contributed by atoms with Crippen molar-refractivity contribution in [3.05, 3.63) is 17.5 Å². The van der Waals surface area contributed by atoms with E-state index in [-0.39, 0.29) is 11.3 Å². The van der Waals surface area contributed by atoms with Gasteiger partial charge in [0, 0.05) is 18.5 Å². The van der Waals surface area contributed by atoms with Crippen molar-refractivity contribution < 1.29 is 9.32 Å². The predicted octanol–water partition coefficient (Wildman–Crippen LogP) is 1.99. The van der Waals surface area contributed by atoms with Gasteiger partial charge in [0.15, 0.2) is 0 Å². The third kappa shape index (κ3) is 3.08. The topological polar surface area (TPSA) is 46.3 Å². The second kappa shape index (κ2) is 4.04. The van der Waals surface area contributed by atoms with Gasteiger partial charge in [-0.3, -0.25) is 4.79 Å². The molecule has 1 aromatic rings. The summed E-state index contributed by atoms with van der Waals surface area (Å²) >= 11 is 0. The standard InChI is InChI=1S/C11H18N2O2/c1-8-6-9(12-15-8)7-13(5)10(14)11(2,3)4/h6H,7H2,1-5H3. The molecule has 1 aromatic heterocycles. The Labute approximate surface area is 90.2 Å². The van der Waals surface area contributed by atoms with Crippen LogP contribution in [0.15, 0.2) is 10.6 Å². The number of carbonyl (C=O) groups is 1. The molecule has 1 heterocycles. The average Bonchev–Trinajstić information content (AvgIpc) is 2.48. The van der Waals surface area contributed by atoms with Crippen LogP contribution in [0.2, 0.25) is 0 Å². The Kier molecular flexibility index (Phi) is 3.17. The fraction of sp³-hybridized carbons (Fsp3) is 0.636. The number of hydrogen-bond acceptors (Lipinski definition) is 3. The van der Waals surface area contributed by atoms with Crippen molar-refractivity contribution in [2.24, 2.45) is 5.41 Å². The van der Waals surface area contributed by atoms with Crippen LogP contribution in [-0.4, -0.2) is 23.0 Å². The van der Waals surface area contributed by atoms with Crippen LogP contribution in [0.4, 0.5) is 0 Å². The number of rotatable bonds is 2. The summed E-state index contributed by atoms with van der Waals surface area (Å²) in [5.41, 5.74) is 0.431. The molecule has 0 aromatic carbocycles. The minimum absolute atomic E-state index is 0.100. The van der Waals surface area contributed by atoms with Crippen LogP contribution in [0.5, 0.6) is 0 Å². The molecule has 15 heavy (non-hydrogen) atoms. The number of nitrogens with zero attached hydrogens (tertiary/aromatic N) is 2. The van der Waals surface area contributed by atoms with Gasteiger partial charge in [-0.1, -0.05) is 25.9 Å². The molecule has 84 valence electrons. The van der Waals surface area contributed by atoms with E-state index in [9.17, 15) is 4.79 Å². The van der Waals surface area contributed by atoms with Crippen molar-refractivity contribution >= 4 is 5.91 Å². The summed E-state index contributed by atoms with van der Waals surface area (Å²) in [6.07, 6.45) is 0. The zero-order valence-corrected chi connectivity index (χ0v) is 10.00. The molecule has 0 aliphatic rings. The SMILES string of the molecule is Cc1cc(CN(C)C(=O)C(C)(C)C)no1. The van der Waals surface area contributed by atoms with Crippen molar-refractivity contribution in [3.8, 4) is 0 Å². The fourth-order valence-corrected chi connectivity index (χ4v) is 1.38. The first kappa shape index (κ1) is 11.8. The highest BCUT2D eigenvalue weighted by molar-refractivity contribution is 5.81. The van der Waals surface area contributed by atoms with Crippen molar-refractivity contribution in [2.75, 3.05) is 7.05 Å². The molecule has 1 amide bonds. The monoisotopic (exact) mass is 210 g/mol. The fourth-order valence-electron chi connectivity index (χ4n) is 1.38. The summed E-state index contributed by atoms with van der Waals surface area (Å²) in [5, 5.41) is 3.85. The van der Waals surface area contributed by atoms with E-state index in [0.29, 0.717) is 6.54 Å². The van der Waals surface area contributed by atoms with Gasteiger partial charge in [-0.15, -0.1) is 0 Å². The predicted molar refractivity (Wildman–Crippen MR) is 57.2 cm³/mol. The van der Waals surface area contributed by atoms with Gasteiger partial charge in [0.25, 0.3) is 0 Å². The largest absolute Gasteiger partial charge is 0.361 e. The van der Waals surface area contributed by atoms with Gasteiger partial charge in [0.1, 0.15) is 11.5 Å². The molecule has 1 rings (SSSR count). The quantitative estimate of drug-likeness (QED) is 0.750. The summed E-state index contributed by atoms with van der Waals surface area (Å²) in [6, 6.07) is 1.84. The molecule has 0 radical (unpaired) electrons. The molecule has 4 heteroatoms. The molecule has 0 fully saturated rings.